The summed E-state index contributed by atoms with van der Waals surface area (Å²) in [7, 11) is 3.63. The fraction of sp³-hybridized carbons (Fsp3) is 0.269. The molecule has 0 saturated heterocycles. The SMILES string of the molecule is COc1ccc(CNC(=O)c2cc3c(cn2)N(C)CN(Cc2ccc(CC(=O)O)cc2)C3)cc1. The molecule has 3 aromatic rings. The first-order valence-corrected chi connectivity index (χ1v) is 11.0. The molecule has 1 amide bonds. The number of amides is 1. The Balaban J connectivity index is 1.40. The molecular weight excluding hydrogens is 432 g/mol. The maximum atomic E-state index is 12.7. The lowest BCUT2D eigenvalue weighted by atomic mass is 10.1. The third-order valence-corrected chi connectivity index (χ3v) is 5.81. The number of methoxy groups -OCH3 is 1. The number of nitrogens with one attached hydrogen (secondary N) is 1. The number of rotatable bonds is 8. The molecule has 0 saturated carbocycles. The van der Waals surface area contributed by atoms with Gasteiger partial charge in [0.05, 0.1) is 32.1 Å². The van der Waals surface area contributed by atoms with E-state index >= 15 is 0 Å². The number of aromatic nitrogens is 1. The van der Waals surface area contributed by atoms with Crippen LogP contribution >= 0.6 is 0 Å². The second-order valence-corrected chi connectivity index (χ2v) is 8.44. The number of fused-ring (bicyclic) bond motifs is 1. The molecule has 8 heteroatoms. The van der Waals surface area contributed by atoms with E-state index in [1.807, 2.05) is 61.6 Å². The summed E-state index contributed by atoms with van der Waals surface area (Å²) in [5.74, 6) is -0.275. The summed E-state index contributed by atoms with van der Waals surface area (Å²) < 4.78 is 5.16. The zero-order valence-electron chi connectivity index (χ0n) is 19.3. The molecule has 0 fully saturated rings. The lowest BCUT2D eigenvalue weighted by molar-refractivity contribution is -0.136. The molecule has 2 N–H and O–H groups in total. The highest BCUT2D eigenvalue weighted by Gasteiger charge is 2.22. The van der Waals surface area contributed by atoms with Gasteiger partial charge in [-0.25, -0.2) is 4.98 Å². The minimum Gasteiger partial charge on any atom is -0.497 e. The summed E-state index contributed by atoms with van der Waals surface area (Å²) in [6.45, 7) is 2.55. The number of ether oxygens (including phenoxy) is 1. The highest BCUT2D eigenvalue weighted by atomic mass is 16.5. The Labute approximate surface area is 198 Å². The van der Waals surface area contributed by atoms with Gasteiger partial charge in [-0.2, -0.15) is 0 Å². The van der Waals surface area contributed by atoms with Crippen LogP contribution < -0.4 is 15.0 Å². The zero-order chi connectivity index (χ0) is 24.1. The molecule has 1 aromatic heterocycles. The molecule has 0 aliphatic carbocycles. The van der Waals surface area contributed by atoms with Gasteiger partial charge in [-0.3, -0.25) is 14.5 Å². The van der Waals surface area contributed by atoms with Crippen LogP contribution in [-0.4, -0.2) is 47.7 Å². The Morgan fingerprint density at radius 1 is 1.06 bits per heavy atom. The normalized spacial score (nSPS) is 13.3. The van der Waals surface area contributed by atoms with Gasteiger partial charge in [0.25, 0.3) is 5.91 Å². The monoisotopic (exact) mass is 460 g/mol. The number of anilines is 1. The molecule has 2 aromatic carbocycles. The summed E-state index contributed by atoms with van der Waals surface area (Å²) in [6.07, 6.45) is 1.78. The Kier molecular flexibility index (Phi) is 7.08. The molecule has 1 aliphatic rings. The van der Waals surface area contributed by atoms with Gasteiger partial charge < -0.3 is 20.1 Å². The predicted octanol–water partition coefficient (Wildman–Crippen LogP) is 3.06. The van der Waals surface area contributed by atoms with Crippen molar-refractivity contribution in [3.63, 3.8) is 0 Å². The molecule has 4 rings (SSSR count). The van der Waals surface area contributed by atoms with Crippen molar-refractivity contribution in [3.8, 4) is 5.75 Å². The van der Waals surface area contributed by atoms with Crippen molar-refractivity contribution in [2.24, 2.45) is 0 Å². The van der Waals surface area contributed by atoms with Crippen LogP contribution in [0.3, 0.4) is 0 Å². The number of carbonyl (C=O) groups excluding carboxylic acids is 1. The van der Waals surface area contributed by atoms with Gasteiger partial charge in [-0.1, -0.05) is 36.4 Å². The van der Waals surface area contributed by atoms with Crippen LogP contribution in [0.2, 0.25) is 0 Å². The van der Waals surface area contributed by atoms with E-state index in [1.165, 1.54) is 0 Å². The van der Waals surface area contributed by atoms with Crippen molar-refractivity contribution < 1.29 is 19.4 Å². The topological polar surface area (TPSA) is 95.0 Å². The third-order valence-electron chi connectivity index (χ3n) is 5.81. The Morgan fingerprint density at radius 3 is 2.41 bits per heavy atom. The fourth-order valence-electron chi connectivity index (χ4n) is 4.07. The third kappa shape index (κ3) is 5.71. The van der Waals surface area contributed by atoms with Crippen LogP contribution in [0.4, 0.5) is 5.69 Å². The summed E-state index contributed by atoms with van der Waals surface area (Å²) in [5, 5.41) is 11.9. The summed E-state index contributed by atoms with van der Waals surface area (Å²) in [4.78, 5) is 32.4. The largest absolute Gasteiger partial charge is 0.497 e. The lowest BCUT2D eigenvalue weighted by Crippen LogP contribution is -2.40. The van der Waals surface area contributed by atoms with Crippen LogP contribution in [0.25, 0.3) is 0 Å². The number of pyridine rings is 1. The van der Waals surface area contributed by atoms with E-state index in [2.05, 4.69) is 20.1 Å². The van der Waals surface area contributed by atoms with Gasteiger partial charge in [-0.05, 0) is 40.5 Å². The predicted molar refractivity (Wildman–Crippen MR) is 129 cm³/mol. The quantitative estimate of drug-likeness (QED) is 0.534. The number of benzene rings is 2. The lowest BCUT2D eigenvalue weighted by Gasteiger charge is -2.36. The Bertz CT molecular complexity index is 1160. The van der Waals surface area contributed by atoms with Gasteiger partial charge in [0.2, 0.25) is 0 Å². The van der Waals surface area contributed by atoms with Crippen molar-refractivity contribution in [2.75, 3.05) is 25.7 Å². The Morgan fingerprint density at radius 2 is 1.74 bits per heavy atom. The minimum atomic E-state index is -0.834. The number of aliphatic carboxylic acids is 1. The first-order valence-electron chi connectivity index (χ1n) is 11.0. The molecule has 0 unspecified atom stereocenters. The van der Waals surface area contributed by atoms with Crippen LogP contribution in [0.1, 0.15) is 32.7 Å². The first-order chi connectivity index (χ1) is 16.4. The molecule has 0 radical (unpaired) electrons. The average Bonchev–Trinajstić information content (AvgIpc) is 2.83. The maximum Gasteiger partial charge on any atom is 0.307 e. The van der Waals surface area contributed by atoms with Crippen molar-refractivity contribution in [3.05, 3.63) is 88.7 Å². The van der Waals surface area contributed by atoms with E-state index in [1.54, 1.807) is 13.3 Å². The molecule has 1 aliphatic heterocycles. The number of carboxylic acid groups (broad SMARTS) is 1. The van der Waals surface area contributed by atoms with E-state index in [-0.39, 0.29) is 12.3 Å². The van der Waals surface area contributed by atoms with Crippen LogP contribution in [0.5, 0.6) is 5.75 Å². The van der Waals surface area contributed by atoms with E-state index in [0.717, 1.165) is 46.9 Å². The maximum absolute atomic E-state index is 12.7. The van der Waals surface area contributed by atoms with E-state index < -0.39 is 5.97 Å². The van der Waals surface area contributed by atoms with Gasteiger partial charge in [0.15, 0.2) is 0 Å². The fourth-order valence-corrected chi connectivity index (χ4v) is 4.07. The Hall–Kier alpha value is -3.91. The average molecular weight is 461 g/mol. The second kappa shape index (κ2) is 10.4. The number of hydrogen-bond donors (Lipinski definition) is 2. The second-order valence-electron chi connectivity index (χ2n) is 8.44. The van der Waals surface area contributed by atoms with Crippen LogP contribution in [-0.2, 0) is 30.8 Å². The summed E-state index contributed by atoms with van der Waals surface area (Å²) >= 11 is 0. The minimum absolute atomic E-state index is 0.0242. The number of carboxylic acids is 1. The molecule has 0 atom stereocenters. The van der Waals surface area contributed by atoms with Crippen molar-refractivity contribution in [2.45, 2.75) is 26.1 Å². The number of carbonyl (C=O) groups is 2. The molecule has 0 bridgehead atoms. The molecule has 34 heavy (non-hydrogen) atoms. The molecule has 2 heterocycles. The number of hydrogen-bond acceptors (Lipinski definition) is 6. The summed E-state index contributed by atoms with van der Waals surface area (Å²) in [5.41, 5.74) is 5.32. The van der Waals surface area contributed by atoms with E-state index in [0.29, 0.717) is 18.8 Å². The standard InChI is InChI=1S/C26H28N4O4/c1-29-17-30(15-20-5-3-18(4-6-20)11-25(31)32)16-21-12-23(27-14-24(21)29)26(33)28-13-19-7-9-22(34-2)10-8-19/h3-10,12,14H,11,13,15-17H2,1-2H3,(H,28,33)(H,31,32). The van der Waals surface area contributed by atoms with Gasteiger partial charge in [0, 0.05) is 26.7 Å². The molecule has 176 valence electrons. The summed E-state index contributed by atoms with van der Waals surface area (Å²) in [6, 6.07) is 17.1. The highest BCUT2D eigenvalue weighted by Crippen LogP contribution is 2.27. The zero-order valence-corrected chi connectivity index (χ0v) is 19.3. The van der Waals surface area contributed by atoms with Crippen molar-refractivity contribution in [1.82, 2.24) is 15.2 Å². The van der Waals surface area contributed by atoms with Crippen molar-refractivity contribution >= 4 is 17.6 Å². The van der Waals surface area contributed by atoms with Crippen LogP contribution in [0.15, 0.2) is 60.8 Å². The van der Waals surface area contributed by atoms with E-state index in [9.17, 15) is 9.59 Å². The van der Waals surface area contributed by atoms with E-state index in [4.69, 9.17) is 9.84 Å². The number of nitrogens with zero attached hydrogens (tertiary/aromatic N) is 3. The molecular formula is C26H28N4O4. The first kappa shape index (κ1) is 23.3. The van der Waals surface area contributed by atoms with Gasteiger partial charge in [-0.15, -0.1) is 0 Å². The molecule has 8 nitrogen and oxygen atoms in total. The molecule has 0 spiro atoms. The smallest absolute Gasteiger partial charge is 0.307 e. The van der Waals surface area contributed by atoms with Gasteiger partial charge in [0.1, 0.15) is 11.4 Å². The van der Waals surface area contributed by atoms with Crippen LogP contribution in [0, 0.1) is 0 Å². The van der Waals surface area contributed by atoms with Gasteiger partial charge >= 0.3 is 5.97 Å². The highest BCUT2D eigenvalue weighted by molar-refractivity contribution is 5.92. The van der Waals surface area contributed by atoms with Crippen molar-refractivity contribution in [1.29, 1.82) is 0 Å².